The van der Waals surface area contributed by atoms with Crippen LogP contribution in [0.1, 0.15) is 73.4 Å². The summed E-state index contributed by atoms with van der Waals surface area (Å²) < 4.78 is 0. The Bertz CT molecular complexity index is 4140. The first kappa shape index (κ1) is 86.3. The molecule has 2 aromatic heterocycles. The zero-order chi connectivity index (χ0) is 80.2. The van der Waals surface area contributed by atoms with Gasteiger partial charge in [-0.1, -0.05) is 91.0 Å². The van der Waals surface area contributed by atoms with Crippen LogP contribution in [0.4, 0.5) is 0 Å². The number of amides is 11. The fourth-order valence-corrected chi connectivity index (χ4v) is 11.7. The molecule has 0 saturated carbocycles. The molecular formula is C72H95N21O16S. The first-order valence-electron chi connectivity index (χ1n) is 35.1. The number of para-hydroxylation sites is 1. The van der Waals surface area contributed by atoms with Crippen molar-refractivity contribution in [3.05, 3.63) is 156 Å². The third kappa shape index (κ3) is 30.0. The summed E-state index contributed by atoms with van der Waals surface area (Å²) in [6.07, 6.45) is 3.70. The molecule has 10 atom stereocenters. The van der Waals surface area contributed by atoms with Gasteiger partial charge >= 0.3 is 11.9 Å². The molecule has 38 heteroatoms. The van der Waals surface area contributed by atoms with Gasteiger partial charge in [-0.3, -0.25) is 73.1 Å². The van der Waals surface area contributed by atoms with E-state index in [0.717, 1.165) is 0 Å². The van der Waals surface area contributed by atoms with Gasteiger partial charge in [-0.2, -0.15) is 11.8 Å². The van der Waals surface area contributed by atoms with Crippen LogP contribution in [0.2, 0.25) is 0 Å². The average molecular weight is 1540 g/mol. The summed E-state index contributed by atoms with van der Waals surface area (Å²) in [5.41, 5.74) is 20.2. The van der Waals surface area contributed by atoms with E-state index in [4.69, 9.17) is 28.0 Å². The lowest BCUT2D eigenvalue weighted by Gasteiger charge is -2.28. The second-order valence-electron chi connectivity index (χ2n) is 25.6. The molecule has 0 aliphatic rings. The van der Waals surface area contributed by atoms with Crippen molar-refractivity contribution in [3.63, 3.8) is 0 Å². The lowest BCUT2D eigenvalue weighted by Crippen LogP contribution is -2.61. The van der Waals surface area contributed by atoms with Crippen molar-refractivity contribution >= 4 is 112 Å². The van der Waals surface area contributed by atoms with E-state index in [0.29, 0.717) is 38.9 Å². The Hall–Kier alpha value is -12.6. The smallest absolute Gasteiger partial charge is 0.322 e. The topological polar surface area (TPSA) is 609 Å². The Morgan fingerprint density at radius 3 is 1.45 bits per heavy atom. The van der Waals surface area contributed by atoms with Gasteiger partial charge in [0.1, 0.15) is 66.7 Å². The first-order chi connectivity index (χ1) is 52.5. The molecule has 26 N–H and O–H groups in total. The van der Waals surface area contributed by atoms with Crippen molar-refractivity contribution in [2.45, 2.75) is 138 Å². The second-order valence-corrected chi connectivity index (χ2v) is 26.6. The molecule has 0 fully saturated rings. The van der Waals surface area contributed by atoms with Crippen LogP contribution < -0.4 is 86.3 Å². The van der Waals surface area contributed by atoms with Gasteiger partial charge in [0.25, 0.3) is 0 Å². The quantitative estimate of drug-likeness (QED) is 0.0102. The summed E-state index contributed by atoms with van der Waals surface area (Å²) in [7, 11) is 0. The summed E-state index contributed by atoms with van der Waals surface area (Å²) in [5.74, 6) is -13.8. The minimum Gasteiger partial charge on any atom is -0.508 e. The number of carboxylic acids is 2. The van der Waals surface area contributed by atoms with Gasteiger partial charge in [0, 0.05) is 62.1 Å². The highest BCUT2D eigenvalue weighted by Gasteiger charge is 2.37. The van der Waals surface area contributed by atoms with Crippen LogP contribution in [-0.4, -0.2) is 218 Å². The number of nitrogens with zero attached hydrogens (tertiary/aromatic N) is 1. The molecule has 0 bridgehead atoms. The number of aromatic amines is 2. The third-order valence-corrected chi connectivity index (χ3v) is 17.6. The summed E-state index contributed by atoms with van der Waals surface area (Å²) in [4.78, 5) is 191. The number of imidazole rings is 1. The minimum atomic E-state index is -2.00. The molecule has 590 valence electrons. The summed E-state index contributed by atoms with van der Waals surface area (Å²) >= 11 is 1.37. The predicted molar refractivity (Wildman–Crippen MR) is 405 cm³/mol. The predicted octanol–water partition coefficient (Wildman–Crippen LogP) is -3.11. The minimum absolute atomic E-state index is 0.0119. The molecule has 0 saturated heterocycles. The van der Waals surface area contributed by atoms with Gasteiger partial charge in [-0.25, -0.2) is 4.98 Å². The van der Waals surface area contributed by atoms with Crippen LogP contribution >= 0.6 is 11.8 Å². The fraction of sp³-hybridized carbons (Fsp3) is 0.389. The van der Waals surface area contributed by atoms with E-state index in [9.17, 15) is 63.3 Å². The molecule has 4 aromatic carbocycles. The Morgan fingerprint density at radius 1 is 0.473 bits per heavy atom. The van der Waals surface area contributed by atoms with Gasteiger partial charge in [0.15, 0.2) is 11.9 Å². The third-order valence-electron chi connectivity index (χ3n) is 17.0. The summed E-state index contributed by atoms with van der Waals surface area (Å²) in [5, 5.41) is 78.3. The molecule has 6 rings (SSSR count). The van der Waals surface area contributed by atoms with E-state index in [1.807, 2.05) is 0 Å². The number of fused-ring (bicyclic) bond motifs is 1. The number of nitrogens with two attached hydrogens (primary N) is 3. The van der Waals surface area contributed by atoms with Gasteiger partial charge in [-0.05, 0) is 97.9 Å². The molecule has 0 spiro atoms. The van der Waals surface area contributed by atoms with Crippen LogP contribution in [0.3, 0.4) is 0 Å². The molecule has 2 heterocycles. The number of carbonyl (C=O) groups is 13. The average Bonchev–Trinajstić information content (AvgIpc) is 1.71. The number of phenolic OH excluding ortho intramolecular Hbond substituents is 1. The Morgan fingerprint density at radius 2 is 0.927 bits per heavy atom. The van der Waals surface area contributed by atoms with Crippen molar-refractivity contribution in [1.82, 2.24) is 84.1 Å². The standard InChI is InChI=1S/C72H95N21O16S/c1-40(85-62(101)48(73)29-43-21-23-46(94)24-22-43)61(100)87-52(25-28-110-2)63(102)82-37-58(95)86-56(33-45-36-78-39-84-45)69(108)91-54(31-42-15-7-4-8-16-42)67(106)88-51(20-12-27-80-72(76)77)66(105)92-55(32-44-35-81-49-18-10-9-17-47(44)49)68(107)93-57(34-59(96)97)70(109)89-50(19-11-26-79-71(74)75)65(104)90-53(64(103)83-38-60(98)99)30-41-13-5-3-6-14-41/h3-10,13-18,21-24,35-36,39-40,48,50-57,81,94H,11-12,19-20,25-34,37-38,73H2,1-2H3,(H,78,84)(H,82,102)(H,83,103)(H,85,101)(H,86,95)(H,87,100)(H,88,106)(H,89,109)(H,90,104)(H,91,108)(H,92,105)(H,93,107)(H,96,97)(H,98,99)(H4,74,75,79)(H4,76,77,80)/t40-,48-,50-,51-,52-,53-,54-,55-,56-,57-/m0/s1. The highest BCUT2D eigenvalue weighted by atomic mass is 32.2. The van der Waals surface area contributed by atoms with Gasteiger partial charge in [-0.15, -0.1) is 0 Å². The van der Waals surface area contributed by atoms with Crippen LogP contribution in [0.25, 0.3) is 10.9 Å². The molecular weight excluding hydrogens is 1450 g/mol. The number of H-pyrrole nitrogens is 2. The molecule has 37 nitrogen and oxygen atoms in total. The number of phenols is 1. The van der Waals surface area contributed by atoms with E-state index >= 15 is 14.4 Å². The number of carbonyl (C=O) groups excluding carboxylic acids is 11. The Kier molecular flexibility index (Phi) is 34.9. The SMILES string of the molecule is CSCC[C@H](NC(=O)[C@H](C)NC(=O)[C@@H](N)Cc1ccc(O)cc1)C(=O)NCC(=O)N[C@@H](Cc1c[nH]cn1)C(=O)N[C@@H](Cc1ccccc1)C(=O)N[C@@H](CCCNC(=N)N)C(=O)N[C@@H](Cc1c[nH]c2ccccc12)C(=O)N[C@@H](CC(=O)O)C(=O)N[C@@H](CCCNC(=N)N)C(=O)N[C@@H](Cc1ccccc1)C(=O)NCC(=O)O. The number of guanidine groups is 2. The zero-order valence-corrected chi connectivity index (χ0v) is 61.3. The highest BCUT2D eigenvalue weighted by Crippen LogP contribution is 2.21. The molecule has 110 heavy (non-hydrogen) atoms. The van der Waals surface area contributed by atoms with E-state index in [-0.39, 0.29) is 88.7 Å². The lowest BCUT2D eigenvalue weighted by molar-refractivity contribution is -0.141. The molecule has 0 aliphatic carbocycles. The van der Waals surface area contributed by atoms with Gasteiger partial charge < -0.3 is 112 Å². The number of nitrogens with one attached hydrogen (secondary N) is 17. The Balaban J connectivity index is 1.24. The zero-order valence-electron chi connectivity index (χ0n) is 60.4. The number of hydrogen-bond acceptors (Lipinski definition) is 19. The first-order valence-corrected chi connectivity index (χ1v) is 36.5. The van der Waals surface area contributed by atoms with E-state index in [2.05, 4.69) is 84.1 Å². The van der Waals surface area contributed by atoms with E-state index < -0.39 is 169 Å². The summed E-state index contributed by atoms with van der Waals surface area (Å²) in [6.45, 7) is -0.188. The number of aromatic nitrogens is 3. The van der Waals surface area contributed by atoms with E-state index in [1.165, 1.54) is 43.3 Å². The summed E-state index contributed by atoms with van der Waals surface area (Å²) in [6, 6.07) is 14.8. The fourth-order valence-electron chi connectivity index (χ4n) is 11.3. The molecule has 0 unspecified atom stereocenters. The van der Waals surface area contributed by atoms with Crippen molar-refractivity contribution in [2.75, 3.05) is 38.2 Å². The number of hydrogen-bond donors (Lipinski definition) is 23. The Labute approximate surface area is 636 Å². The number of thioether (sulfide) groups is 1. The van der Waals surface area contributed by atoms with Crippen molar-refractivity contribution in [3.8, 4) is 5.75 Å². The van der Waals surface area contributed by atoms with Gasteiger partial charge in [0.2, 0.25) is 65.0 Å². The molecule has 0 aliphatic heterocycles. The molecule has 6 aromatic rings. The van der Waals surface area contributed by atoms with Crippen LogP contribution in [0.15, 0.2) is 128 Å². The van der Waals surface area contributed by atoms with E-state index in [1.54, 1.807) is 110 Å². The lowest BCUT2D eigenvalue weighted by atomic mass is 10.0. The normalized spacial score (nSPS) is 13.7. The monoisotopic (exact) mass is 1540 g/mol. The maximum atomic E-state index is 15.1. The number of benzene rings is 4. The van der Waals surface area contributed by atoms with Crippen molar-refractivity contribution < 1.29 is 77.6 Å². The number of aliphatic carboxylic acids is 2. The van der Waals surface area contributed by atoms with Crippen LogP contribution in [0.5, 0.6) is 5.75 Å². The van der Waals surface area contributed by atoms with Crippen LogP contribution in [-0.2, 0) is 94.4 Å². The largest absolute Gasteiger partial charge is 0.508 e. The van der Waals surface area contributed by atoms with Crippen molar-refractivity contribution in [2.24, 2.45) is 17.2 Å². The maximum absolute atomic E-state index is 15.1. The number of aromatic hydroxyl groups is 1. The number of rotatable bonds is 46. The van der Waals surface area contributed by atoms with Crippen molar-refractivity contribution in [1.29, 1.82) is 10.8 Å². The second kappa shape index (κ2) is 44.5. The maximum Gasteiger partial charge on any atom is 0.322 e. The molecule has 0 radical (unpaired) electrons. The number of carboxylic acid groups (broad SMARTS) is 2. The molecule has 11 amide bonds. The highest BCUT2D eigenvalue weighted by molar-refractivity contribution is 7.98. The van der Waals surface area contributed by atoms with Crippen LogP contribution in [0, 0.1) is 10.8 Å². The van der Waals surface area contributed by atoms with Gasteiger partial charge in [0.05, 0.1) is 31.0 Å².